The van der Waals surface area contributed by atoms with Gasteiger partial charge in [-0.1, -0.05) is 0 Å². The molecule has 2 N–H and O–H groups in total. The molecule has 0 saturated carbocycles. The number of hydrogen-bond donors (Lipinski definition) is 2. The molecule has 0 aliphatic heterocycles. The van der Waals surface area contributed by atoms with Gasteiger partial charge in [0.15, 0.2) is 0 Å². The van der Waals surface area contributed by atoms with Crippen LogP contribution >= 0.6 is 11.3 Å². The molecule has 1 amide bonds. The largest absolute Gasteiger partial charge is 0.467 e. The van der Waals surface area contributed by atoms with Gasteiger partial charge >= 0.3 is 0 Å². The zero-order valence-corrected chi connectivity index (χ0v) is 12.9. The Morgan fingerprint density at radius 3 is 3.00 bits per heavy atom. The normalized spacial score (nSPS) is 13.9. The Labute approximate surface area is 126 Å². The predicted molar refractivity (Wildman–Crippen MR) is 78.3 cm³/mol. The van der Waals surface area contributed by atoms with Crippen LogP contribution in [0.1, 0.15) is 45.3 Å². The zero-order chi connectivity index (χ0) is 15.4. The van der Waals surface area contributed by atoms with Crippen molar-refractivity contribution in [2.45, 2.75) is 26.1 Å². The van der Waals surface area contributed by atoms with Crippen LogP contribution in [0.25, 0.3) is 0 Å². The van der Waals surface area contributed by atoms with E-state index in [1.165, 1.54) is 17.6 Å². The molecule has 2 unspecified atom stereocenters. The molecule has 0 aliphatic carbocycles. The fraction of sp³-hybridized carbons (Fsp3) is 0.429. The minimum Gasteiger partial charge on any atom is -0.467 e. The lowest BCUT2D eigenvalue weighted by Crippen LogP contribution is -2.28. The highest BCUT2D eigenvalue weighted by atomic mass is 32.1. The van der Waals surface area contributed by atoms with Crippen LogP contribution < -0.4 is 5.32 Å². The average Bonchev–Trinajstić information content (AvgIpc) is 3.12. The number of aromatic nitrogens is 1. The number of aliphatic hydroxyl groups is 1. The van der Waals surface area contributed by atoms with E-state index in [0.29, 0.717) is 16.3 Å². The number of methoxy groups -OCH3 is 1. The molecule has 2 atom stereocenters. The summed E-state index contributed by atoms with van der Waals surface area (Å²) in [6, 6.07) is 3.35. The van der Waals surface area contributed by atoms with Crippen molar-refractivity contribution < 1.29 is 19.1 Å². The van der Waals surface area contributed by atoms with Crippen LogP contribution in [0.2, 0.25) is 0 Å². The van der Waals surface area contributed by atoms with Crippen molar-refractivity contribution in [2.75, 3.05) is 13.7 Å². The number of rotatable bonds is 6. The smallest absolute Gasteiger partial charge is 0.263 e. The summed E-state index contributed by atoms with van der Waals surface area (Å²) >= 11 is 1.30. The van der Waals surface area contributed by atoms with Crippen LogP contribution in [0.4, 0.5) is 0 Å². The highest BCUT2D eigenvalue weighted by Crippen LogP contribution is 2.25. The Balaban J connectivity index is 1.99. The van der Waals surface area contributed by atoms with Crippen molar-refractivity contribution in [3.05, 3.63) is 39.7 Å². The molecule has 0 aliphatic rings. The first-order chi connectivity index (χ1) is 10.0. The zero-order valence-electron chi connectivity index (χ0n) is 12.1. The summed E-state index contributed by atoms with van der Waals surface area (Å²) in [5.41, 5.74) is 0.656. The number of aliphatic hydroxyl groups excluding tert-OH is 1. The van der Waals surface area contributed by atoms with E-state index in [-0.39, 0.29) is 18.6 Å². The number of hydrogen-bond acceptors (Lipinski definition) is 6. The van der Waals surface area contributed by atoms with E-state index in [4.69, 9.17) is 9.15 Å². The second-order valence-corrected chi connectivity index (χ2v) is 5.62. The second-order valence-electron chi connectivity index (χ2n) is 4.59. The number of thiazole rings is 1. The molecule has 0 bridgehead atoms. The van der Waals surface area contributed by atoms with Gasteiger partial charge in [-0.25, -0.2) is 4.98 Å². The first-order valence-electron chi connectivity index (χ1n) is 6.52. The monoisotopic (exact) mass is 310 g/mol. The van der Waals surface area contributed by atoms with Crippen LogP contribution in [0, 0.1) is 6.92 Å². The maximum atomic E-state index is 12.1. The number of amides is 1. The number of ether oxygens (including phenoxy) is 1. The fourth-order valence-corrected chi connectivity index (χ4v) is 2.77. The third-order valence-electron chi connectivity index (χ3n) is 3.05. The fourth-order valence-electron chi connectivity index (χ4n) is 1.75. The van der Waals surface area contributed by atoms with Gasteiger partial charge in [-0.15, -0.1) is 11.3 Å². The van der Waals surface area contributed by atoms with Crippen LogP contribution in [-0.2, 0) is 4.74 Å². The molecule has 6 nitrogen and oxygen atoms in total. The predicted octanol–water partition coefficient (Wildman–Crippen LogP) is 2.22. The maximum absolute atomic E-state index is 12.1. The van der Waals surface area contributed by atoms with E-state index in [1.54, 1.807) is 26.2 Å². The topological polar surface area (TPSA) is 84.6 Å². The third-order valence-corrected chi connectivity index (χ3v) is 4.37. The molecule has 0 spiro atoms. The van der Waals surface area contributed by atoms with Crippen molar-refractivity contribution >= 4 is 17.2 Å². The van der Waals surface area contributed by atoms with Crippen LogP contribution in [0.5, 0.6) is 0 Å². The average molecular weight is 310 g/mol. The molecule has 2 aromatic heterocycles. The van der Waals surface area contributed by atoms with E-state index in [2.05, 4.69) is 10.3 Å². The number of nitrogens with zero attached hydrogens (tertiary/aromatic N) is 1. The van der Waals surface area contributed by atoms with Gasteiger partial charge in [-0.3, -0.25) is 4.79 Å². The lowest BCUT2D eigenvalue weighted by molar-refractivity contribution is 0.0904. The Kier molecular flexibility index (Phi) is 5.11. The van der Waals surface area contributed by atoms with Gasteiger partial charge in [0.05, 0.1) is 18.5 Å². The van der Waals surface area contributed by atoms with Crippen molar-refractivity contribution in [3.8, 4) is 0 Å². The Bertz CT molecular complexity index is 594. The van der Waals surface area contributed by atoms with Gasteiger partial charge in [-0.05, 0) is 26.0 Å². The molecule has 7 heteroatoms. The summed E-state index contributed by atoms with van der Waals surface area (Å²) < 4.78 is 10.3. The van der Waals surface area contributed by atoms with E-state index in [0.717, 1.165) is 5.01 Å². The summed E-state index contributed by atoms with van der Waals surface area (Å²) in [6.45, 7) is 3.74. The van der Waals surface area contributed by atoms with Crippen LogP contribution in [0.3, 0.4) is 0 Å². The Morgan fingerprint density at radius 2 is 2.38 bits per heavy atom. The number of furan rings is 1. The summed E-state index contributed by atoms with van der Waals surface area (Å²) in [5.74, 6) is 0.162. The van der Waals surface area contributed by atoms with E-state index >= 15 is 0 Å². The van der Waals surface area contributed by atoms with E-state index in [1.807, 2.05) is 6.92 Å². The number of carbonyl (C=O) groups is 1. The first kappa shape index (κ1) is 15.7. The van der Waals surface area contributed by atoms with Gasteiger partial charge in [0, 0.05) is 7.11 Å². The third kappa shape index (κ3) is 3.69. The van der Waals surface area contributed by atoms with Crippen molar-refractivity contribution in [2.24, 2.45) is 0 Å². The number of nitrogens with one attached hydrogen (secondary N) is 1. The van der Waals surface area contributed by atoms with Gasteiger partial charge in [0.2, 0.25) is 0 Å². The maximum Gasteiger partial charge on any atom is 0.263 e. The van der Waals surface area contributed by atoms with E-state index in [9.17, 15) is 9.90 Å². The highest BCUT2D eigenvalue weighted by Gasteiger charge is 2.19. The molecule has 114 valence electrons. The van der Waals surface area contributed by atoms with Crippen LogP contribution in [-0.4, -0.2) is 29.7 Å². The first-order valence-corrected chi connectivity index (χ1v) is 7.34. The molecule has 21 heavy (non-hydrogen) atoms. The van der Waals surface area contributed by atoms with Gasteiger partial charge in [0.1, 0.15) is 27.9 Å². The van der Waals surface area contributed by atoms with Crippen LogP contribution in [0.15, 0.2) is 22.8 Å². The van der Waals surface area contributed by atoms with Crippen molar-refractivity contribution in [3.63, 3.8) is 0 Å². The SMILES string of the molecule is COC(C)c1nc(C)c(C(=O)NCC(O)c2ccco2)s1. The van der Waals surface area contributed by atoms with Crippen molar-refractivity contribution in [1.82, 2.24) is 10.3 Å². The summed E-state index contributed by atoms with van der Waals surface area (Å²) in [5, 5.41) is 13.3. The number of carbonyl (C=O) groups excluding carboxylic acids is 1. The standard InChI is InChI=1S/C14H18N2O4S/c1-8-12(21-14(16-8)9(2)19-3)13(18)15-7-10(17)11-5-4-6-20-11/h4-6,9-10,17H,7H2,1-3H3,(H,15,18). The molecule has 2 aromatic rings. The molecule has 2 heterocycles. The minimum atomic E-state index is -0.866. The Hall–Kier alpha value is -1.70. The van der Waals surface area contributed by atoms with Gasteiger partial charge < -0.3 is 19.6 Å². The van der Waals surface area contributed by atoms with Gasteiger partial charge in [-0.2, -0.15) is 0 Å². The molecule has 0 radical (unpaired) electrons. The second kappa shape index (κ2) is 6.84. The molecule has 2 rings (SSSR count). The molecule has 0 fully saturated rings. The lowest BCUT2D eigenvalue weighted by Gasteiger charge is -2.08. The lowest BCUT2D eigenvalue weighted by atomic mass is 10.2. The van der Waals surface area contributed by atoms with Gasteiger partial charge in [0.25, 0.3) is 5.91 Å². The molecular weight excluding hydrogens is 292 g/mol. The van der Waals surface area contributed by atoms with Crippen molar-refractivity contribution in [1.29, 1.82) is 0 Å². The quantitative estimate of drug-likeness (QED) is 0.854. The number of aryl methyl sites for hydroxylation is 1. The molecular formula is C14H18N2O4S. The Morgan fingerprint density at radius 1 is 1.62 bits per heavy atom. The molecule has 0 saturated heterocycles. The molecule has 0 aromatic carbocycles. The summed E-state index contributed by atoms with van der Waals surface area (Å²) in [4.78, 5) is 17.0. The highest BCUT2D eigenvalue weighted by molar-refractivity contribution is 7.13. The summed E-state index contributed by atoms with van der Waals surface area (Å²) in [7, 11) is 1.60. The summed E-state index contributed by atoms with van der Waals surface area (Å²) in [6.07, 6.45) is 0.463. The van der Waals surface area contributed by atoms with E-state index < -0.39 is 6.10 Å². The minimum absolute atomic E-state index is 0.0822.